The van der Waals surface area contributed by atoms with Crippen LogP contribution in [0.15, 0.2) is 95.1 Å². The predicted octanol–water partition coefficient (Wildman–Crippen LogP) is 4.92. The number of fused-ring (bicyclic) bond motifs is 4. The van der Waals surface area contributed by atoms with Crippen molar-refractivity contribution >= 4 is 34.2 Å². The maximum Gasteiger partial charge on any atom is 0.233 e. The lowest BCUT2D eigenvalue weighted by Crippen LogP contribution is -2.40. The molecule has 0 radical (unpaired) electrons. The Labute approximate surface area is 242 Å². The summed E-state index contributed by atoms with van der Waals surface area (Å²) in [5.74, 6) is -2.68. The van der Waals surface area contributed by atoms with Gasteiger partial charge in [-0.15, -0.1) is 0 Å². The Hall–Kier alpha value is -4.78. The fraction of sp³-hybridized carbons (Fsp3) is 0.257. The number of aromatic hydroxyl groups is 2. The van der Waals surface area contributed by atoms with E-state index in [-0.39, 0.29) is 47.8 Å². The second kappa shape index (κ2) is 9.65. The van der Waals surface area contributed by atoms with Crippen LogP contribution in [0.2, 0.25) is 0 Å². The van der Waals surface area contributed by atoms with Gasteiger partial charge in [-0.25, -0.2) is 0 Å². The van der Waals surface area contributed by atoms with E-state index in [0.29, 0.717) is 34.9 Å². The Balaban J connectivity index is 1.31. The lowest BCUT2D eigenvalue weighted by Gasteiger charge is -2.42. The van der Waals surface area contributed by atoms with Crippen molar-refractivity contribution in [3.63, 3.8) is 0 Å². The van der Waals surface area contributed by atoms with Crippen LogP contribution in [-0.4, -0.2) is 45.0 Å². The molecule has 1 fully saturated rings. The number of carbonyl (C=O) groups is 4. The highest BCUT2D eigenvalue weighted by Gasteiger charge is 2.56. The molecule has 3 aromatic rings. The van der Waals surface area contributed by atoms with E-state index in [1.165, 1.54) is 11.0 Å². The fourth-order valence-electron chi connectivity index (χ4n) is 7.48. The normalized spacial score (nSPS) is 25.3. The van der Waals surface area contributed by atoms with Crippen molar-refractivity contribution in [2.75, 3.05) is 6.54 Å². The second-order valence-electron chi connectivity index (χ2n) is 11.7. The molecule has 4 aliphatic rings. The quantitative estimate of drug-likeness (QED) is 0.267. The van der Waals surface area contributed by atoms with Crippen LogP contribution in [0, 0.1) is 17.8 Å². The summed E-state index contributed by atoms with van der Waals surface area (Å²) in [6.45, 7) is 1.87. The van der Waals surface area contributed by atoms with E-state index in [1.807, 2.05) is 30.3 Å². The standard InChI is InChI=1S/C35H29NO6/c1-18-16-29(39)32-27(33(18)40)17-26-24(30(32)23-12-13-28(38)22-5-3-2-4-21(22)23)10-11-25-31(26)35(42)36(34(25)41)15-14-19-6-8-20(37)9-7-19/h2-10,12-13,16,25-26,30-31,37-38H,11,14-15,17H2,1H3/t25-,26+,30-,31-/m0/s1. The minimum Gasteiger partial charge on any atom is -0.508 e. The van der Waals surface area contributed by atoms with Crippen molar-refractivity contribution in [1.82, 2.24) is 4.90 Å². The largest absolute Gasteiger partial charge is 0.508 e. The van der Waals surface area contributed by atoms with Gasteiger partial charge in [0.05, 0.1) is 11.8 Å². The zero-order valence-electron chi connectivity index (χ0n) is 23.0. The number of Topliss-reactive ketones (excluding diaryl/α,β-unsaturated/α-hetero) is 1. The number of imide groups is 1. The van der Waals surface area contributed by atoms with Crippen LogP contribution in [0.5, 0.6) is 11.5 Å². The topological polar surface area (TPSA) is 112 Å². The van der Waals surface area contributed by atoms with Gasteiger partial charge in [-0.1, -0.05) is 54.1 Å². The van der Waals surface area contributed by atoms with Gasteiger partial charge < -0.3 is 10.2 Å². The Morgan fingerprint density at radius 1 is 0.857 bits per heavy atom. The third-order valence-corrected chi connectivity index (χ3v) is 9.46. The average Bonchev–Trinajstić information content (AvgIpc) is 3.24. The number of nitrogens with zero attached hydrogens (tertiary/aromatic N) is 1. The van der Waals surface area contributed by atoms with Crippen LogP contribution in [0.25, 0.3) is 10.8 Å². The summed E-state index contributed by atoms with van der Waals surface area (Å²) in [4.78, 5) is 56.0. The van der Waals surface area contributed by atoms with Crippen molar-refractivity contribution in [3.8, 4) is 11.5 Å². The number of amides is 2. The molecule has 7 nitrogen and oxygen atoms in total. The molecule has 2 N–H and O–H groups in total. The molecule has 0 saturated carbocycles. The number of likely N-dealkylation sites (tertiary alicyclic amines) is 1. The molecule has 0 unspecified atom stereocenters. The number of phenolic OH excluding ortho intramolecular Hbond substituents is 2. The van der Waals surface area contributed by atoms with Gasteiger partial charge in [-0.2, -0.15) is 0 Å². The summed E-state index contributed by atoms with van der Waals surface area (Å²) < 4.78 is 0. The van der Waals surface area contributed by atoms with E-state index in [2.05, 4.69) is 0 Å². The maximum absolute atomic E-state index is 14.0. The van der Waals surface area contributed by atoms with Crippen molar-refractivity contribution in [2.24, 2.45) is 17.8 Å². The molecule has 0 spiro atoms. The van der Waals surface area contributed by atoms with Crippen molar-refractivity contribution in [3.05, 3.63) is 106 Å². The smallest absolute Gasteiger partial charge is 0.233 e. The highest BCUT2D eigenvalue weighted by molar-refractivity contribution is 6.24. The zero-order valence-corrected chi connectivity index (χ0v) is 23.0. The van der Waals surface area contributed by atoms with Crippen LogP contribution in [0.4, 0.5) is 0 Å². The SMILES string of the molecule is CC1=CC(=O)C2=C(C[C@@H]3C(=CC[C@@H]4C(=O)N(CCc5ccc(O)cc5)C(=O)[C@@H]43)[C@@H]2c2ccc(O)c3ccccc23)C1=O. The molecule has 0 bridgehead atoms. The second-order valence-corrected chi connectivity index (χ2v) is 11.7. The van der Waals surface area contributed by atoms with Crippen molar-refractivity contribution < 1.29 is 29.4 Å². The van der Waals surface area contributed by atoms with Crippen molar-refractivity contribution in [1.29, 1.82) is 0 Å². The molecule has 7 rings (SSSR count). The predicted molar refractivity (Wildman–Crippen MR) is 155 cm³/mol. The van der Waals surface area contributed by atoms with Gasteiger partial charge in [0.2, 0.25) is 11.8 Å². The molecule has 2 amide bonds. The van der Waals surface area contributed by atoms with E-state index in [0.717, 1.165) is 22.1 Å². The Morgan fingerprint density at radius 2 is 1.60 bits per heavy atom. The maximum atomic E-state index is 14.0. The van der Waals surface area contributed by atoms with Gasteiger partial charge in [-0.05, 0) is 72.9 Å². The van der Waals surface area contributed by atoms with Crippen LogP contribution in [-0.2, 0) is 25.6 Å². The Bertz CT molecular complexity index is 1810. The summed E-state index contributed by atoms with van der Waals surface area (Å²) in [7, 11) is 0. The molecule has 3 aromatic carbocycles. The molecular weight excluding hydrogens is 530 g/mol. The number of hydrogen-bond donors (Lipinski definition) is 2. The first-order valence-electron chi connectivity index (χ1n) is 14.3. The molecule has 42 heavy (non-hydrogen) atoms. The minimum absolute atomic E-state index is 0.122. The van der Waals surface area contributed by atoms with Gasteiger partial charge in [0.1, 0.15) is 11.5 Å². The van der Waals surface area contributed by atoms with E-state index in [4.69, 9.17) is 0 Å². The van der Waals surface area contributed by atoms with E-state index < -0.39 is 23.7 Å². The van der Waals surface area contributed by atoms with Gasteiger partial charge in [0, 0.05) is 34.6 Å². The van der Waals surface area contributed by atoms with E-state index >= 15 is 0 Å². The highest BCUT2D eigenvalue weighted by atomic mass is 16.3. The molecule has 0 aromatic heterocycles. The minimum atomic E-state index is -0.619. The number of hydrogen-bond acceptors (Lipinski definition) is 6. The fourth-order valence-corrected chi connectivity index (χ4v) is 7.48. The summed E-state index contributed by atoms with van der Waals surface area (Å²) in [6.07, 6.45) is 4.49. The van der Waals surface area contributed by atoms with Crippen LogP contribution in [0.1, 0.15) is 36.8 Å². The molecule has 7 heteroatoms. The number of phenols is 2. The molecule has 1 aliphatic heterocycles. The lowest BCUT2D eigenvalue weighted by atomic mass is 9.59. The highest BCUT2D eigenvalue weighted by Crippen LogP contribution is 2.56. The van der Waals surface area contributed by atoms with E-state index in [9.17, 15) is 29.4 Å². The first kappa shape index (κ1) is 26.1. The lowest BCUT2D eigenvalue weighted by molar-refractivity contribution is -0.140. The molecular formula is C35H29NO6. The Kier molecular flexibility index (Phi) is 6.01. The molecule has 1 saturated heterocycles. The third kappa shape index (κ3) is 3.87. The monoisotopic (exact) mass is 559 g/mol. The third-order valence-electron chi connectivity index (χ3n) is 9.46. The number of carbonyl (C=O) groups excluding carboxylic acids is 4. The average molecular weight is 560 g/mol. The first-order chi connectivity index (χ1) is 20.2. The molecule has 1 heterocycles. The summed E-state index contributed by atoms with van der Waals surface area (Å²) in [5.41, 5.74) is 3.82. The molecule has 3 aliphatic carbocycles. The van der Waals surface area contributed by atoms with Gasteiger partial charge in [0.25, 0.3) is 0 Å². The van der Waals surface area contributed by atoms with Gasteiger partial charge >= 0.3 is 0 Å². The van der Waals surface area contributed by atoms with Crippen molar-refractivity contribution in [2.45, 2.75) is 32.1 Å². The molecule has 210 valence electrons. The van der Waals surface area contributed by atoms with Crippen LogP contribution in [0.3, 0.4) is 0 Å². The Morgan fingerprint density at radius 3 is 2.36 bits per heavy atom. The zero-order chi connectivity index (χ0) is 29.3. The summed E-state index contributed by atoms with van der Waals surface area (Å²) in [5, 5.41) is 21.6. The van der Waals surface area contributed by atoms with Gasteiger partial charge in [0.15, 0.2) is 11.6 Å². The number of benzene rings is 3. The molecule has 4 atom stereocenters. The van der Waals surface area contributed by atoms with Gasteiger partial charge in [-0.3, -0.25) is 24.1 Å². The number of rotatable bonds is 4. The van der Waals surface area contributed by atoms with E-state index in [1.54, 1.807) is 43.3 Å². The first-order valence-corrected chi connectivity index (χ1v) is 14.3. The van der Waals surface area contributed by atoms with Crippen LogP contribution < -0.4 is 0 Å². The summed E-state index contributed by atoms with van der Waals surface area (Å²) >= 11 is 0. The van der Waals surface area contributed by atoms with Crippen LogP contribution >= 0.6 is 0 Å². The summed E-state index contributed by atoms with van der Waals surface area (Å²) in [6, 6.07) is 17.5. The number of ketones is 2. The number of allylic oxidation sites excluding steroid dienone is 6.